The molecule has 0 atom stereocenters. The lowest BCUT2D eigenvalue weighted by molar-refractivity contribution is 0.0952. The van der Waals surface area contributed by atoms with Crippen LogP contribution >= 0.6 is 0 Å². The van der Waals surface area contributed by atoms with Gasteiger partial charge in [0.15, 0.2) is 0 Å². The number of unbranched alkanes of at least 4 members (excludes halogenated alkanes) is 1. The minimum Gasteiger partial charge on any atom is -0.508 e. The molecule has 98 valence electrons. The van der Waals surface area contributed by atoms with Crippen molar-refractivity contribution < 1.29 is 15.1 Å². The van der Waals surface area contributed by atoms with Crippen LogP contribution in [0.1, 0.15) is 29.6 Å². The second-order valence-electron chi connectivity index (χ2n) is 3.85. The van der Waals surface area contributed by atoms with E-state index in [4.69, 9.17) is 10.9 Å². The van der Waals surface area contributed by atoms with Crippen LogP contribution in [0.25, 0.3) is 0 Å². The molecule has 18 heavy (non-hydrogen) atoms. The van der Waals surface area contributed by atoms with Gasteiger partial charge in [-0.15, -0.1) is 0 Å². The molecule has 1 amide bonds. The van der Waals surface area contributed by atoms with E-state index in [0.29, 0.717) is 18.5 Å². The number of phenolic OH excluding ortho intramolecular Hbond substituents is 1. The van der Waals surface area contributed by atoms with E-state index in [9.17, 15) is 9.90 Å². The number of carbonyl (C=O) groups is 1. The zero-order valence-corrected chi connectivity index (χ0v) is 9.97. The zero-order chi connectivity index (χ0) is 13.4. The Bertz CT molecular complexity index is 432. The summed E-state index contributed by atoms with van der Waals surface area (Å²) in [5, 5.41) is 23.1. The molecule has 0 unspecified atom stereocenters. The van der Waals surface area contributed by atoms with E-state index in [2.05, 4.69) is 10.5 Å². The number of phenols is 1. The number of hydrogen-bond donors (Lipinski definition) is 4. The standard InChI is InChI=1S/C12H17N3O3/c13-11(15-18)6-1-2-7-14-12(17)9-4-3-5-10(16)8-9/h3-5,8,16,18H,1-2,6-7H2,(H2,13,15)(H,14,17). The van der Waals surface area contributed by atoms with Crippen molar-refractivity contribution in [1.82, 2.24) is 5.32 Å². The second-order valence-corrected chi connectivity index (χ2v) is 3.85. The first kappa shape index (κ1) is 13.8. The largest absolute Gasteiger partial charge is 0.508 e. The van der Waals surface area contributed by atoms with Gasteiger partial charge in [-0.05, 0) is 31.0 Å². The number of carbonyl (C=O) groups excluding carboxylic acids is 1. The van der Waals surface area contributed by atoms with Crippen LogP contribution in [0.3, 0.4) is 0 Å². The van der Waals surface area contributed by atoms with Gasteiger partial charge in [-0.1, -0.05) is 11.2 Å². The van der Waals surface area contributed by atoms with Gasteiger partial charge in [-0.25, -0.2) is 0 Å². The zero-order valence-electron chi connectivity index (χ0n) is 9.97. The SMILES string of the molecule is NC(CCCCNC(=O)c1cccc(O)c1)=NO. The van der Waals surface area contributed by atoms with Gasteiger partial charge in [0.2, 0.25) is 0 Å². The van der Waals surface area contributed by atoms with Crippen molar-refractivity contribution in [2.45, 2.75) is 19.3 Å². The van der Waals surface area contributed by atoms with Gasteiger partial charge in [0, 0.05) is 18.5 Å². The molecule has 0 aromatic heterocycles. The summed E-state index contributed by atoms with van der Waals surface area (Å²) in [6.45, 7) is 0.507. The van der Waals surface area contributed by atoms with Crippen molar-refractivity contribution in [2.24, 2.45) is 10.9 Å². The third kappa shape index (κ3) is 4.73. The fourth-order valence-electron chi connectivity index (χ4n) is 1.43. The number of benzene rings is 1. The van der Waals surface area contributed by atoms with Crippen LogP contribution in [-0.4, -0.2) is 28.6 Å². The average molecular weight is 251 g/mol. The van der Waals surface area contributed by atoms with Gasteiger partial charge in [0.25, 0.3) is 5.91 Å². The van der Waals surface area contributed by atoms with Gasteiger partial charge in [0.1, 0.15) is 11.6 Å². The minimum absolute atomic E-state index is 0.0644. The molecule has 0 bridgehead atoms. The first-order chi connectivity index (χ1) is 8.63. The summed E-state index contributed by atoms with van der Waals surface area (Å²) < 4.78 is 0. The molecule has 0 saturated heterocycles. The van der Waals surface area contributed by atoms with Crippen molar-refractivity contribution in [3.63, 3.8) is 0 Å². The number of amidine groups is 1. The Labute approximate surface area is 105 Å². The molecule has 1 rings (SSSR count). The number of nitrogens with zero attached hydrogens (tertiary/aromatic N) is 1. The first-order valence-corrected chi connectivity index (χ1v) is 5.67. The smallest absolute Gasteiger partial charge is 0.251 e. The normalized spacial score (nSPS) is 11.2. The van der Waals surface area contributed by atoms with Crippen LogP contribution in [0.15, 0.2) is 29.4 Å². The number of hydrogen-bond acceptors (Lipinski definition) is 4. The lowest BCUT2D eigenvalue weighted by Gasteiger charge is -2.05. The topological polar surface area (TPSA) is 108 Å². The van der Waals surface area contributed by atoms with Crippen LogP contribution in [0, 0.1) is 0 Å². The molecule has 0 fully saturated rings. The van der Waals surface area contributed by atoms with Crippen LogP contribution in [-0.2, 0) is 0 Å². The quantitative estimate of drug-likeness (QED) is 0.199. The summed E-state index contributed by atoms with van der Waals surface area (Å²) in [6, 6.07) is 6.16. The summed E-state index contributed by atoms with van der Waals surface area (Å²) in [7, 11) is 0. The number of nitrogens with two attached hydrogens (primary N) is 1. The molecule has 0 spiro atoms. The predicted octanol–water partition coefficient (Wildman–Crippen LogP) is 1.04. The lowest BCUT2D eigenvalue weighted by atomic mass is 10.2. The number of amides is 1. The molecule has 0 aliphatic rings. The van der Waals surface area contributed by atoms with Gasteiger partial charge in [-0.3, -0.25) is 4.79 Å². The molecule has 1 aromatic carbocycles. The van der Waals surface area contributed by atoms with Crippen LogP contribution in [0.4, 0.5) is 0 Å². The third-order valence-corrected chi connectivity index (χ3v) is 2.38. The Morgan fingerprint density at radius 3 is 2.83 bits per heavy atom. The molecule has 6 heteroatoms. The summed E-state index contributed by atoms with van der Waals surface area (Å²) in [5.74, 6) is 0.0265. The Hall–Kier alpha value is -2.24. The van der Waals surface area contributed by atoms with Crippen molar-refractivity contribution in [2.75, 3.05) is 6.54 Å². The van der Waals surface area contributed by atoms with Crippen LogP contribution in [0.5, 0.6) is 5.75 Å². The Kier molecular flexibility index (Phi) is 5.50. The van der Waals surface area contributed by atoms with E-state index in [0.717, 1.165) is 12.8 Å². The van der Waals surface area contributed by atoms with E-state index in [1.54, 1.807) is 12.1 Å². The lowest BCUT2D eigenvalue weighted by Crippen LogP contribution is -2.24. The average Bonchev–Trinajstić information content (AvgIpc) is 2.37. The van der Waals surface area contributed by atoms with Crippen molar-refractivity contribution in [1.29, 1.82) is 0 Å². The summed E-state index contributed by atoms with van der Waals surface area (Å²) >= 11 is 0. The Morgan fingerprint density at radius 1 is 1.39 bits per heavy atom. The molecule has 0 radical (unpaired) electrons. The third-order valence-electron chi connectivity index (χ3n) is 2.38. The number of oxime groups is 1. The molecule has 0 saturated carbocycles. The highest BCUT2D eigenvalue weighted by molar-refractivity contribution is 5.94. The van der Waals surface area contributed by atoms with Gasteiger partial charge in [0.05, 0.1) is 0 Å². The van der Waals surface area contributed by atoms with Crippen molar-refractivity contribution >= 4 is 11.7 Å². The summed E-state index contributed by atoms with van der Waals surface area (Å²) in [5.41, 5.74) is 5.73. The highest BCUT2D eigenvalue weighted by Crippen LogP contribution is 2.10. The van der Waals surface area contributed by atoms with Gasteiger partial charge < -0.3 is 21.4 Å². The van der Waals surface area contributed by atoms with E-state index < -0.39 is 0 Å². The number of aromatic hydroxyl groups is 1. The maximum absolute atomic E-state index is 11.6. The molecular formula is C12H17N3O3. The molecule has 0 heterocycles. The minimum atomic E-state index is -0.227. The first-order valence-electron chi connectivity index (χ1n) is 5.67. The van der Waals surface area contributed by atoms with E-state index >= 15 is 0 Å². The fraction of sp³-hybridized carbons (Fsp3) is 0.333. The van der Waals surface area contributed by atoms with Crippen LogP contribution in [0.2, 0.25) is 0 Å². The van der Waals surface area contributed by atoms with Crippen molar-refractivity contribution in [3.05, 3.63) is 29.8 Å². The van der Waals surface area contributed by atoms with Gasteiger partial charge in [-0.2, -0.15) is 0 Å². The fourth-order valence-corrected chi connectivity index (χ4v) is 1.43. The van der Waals surface area contributed by atoms with E-state index in [1.165, 1.54) is 12.1 Å². The Morgan fingerprint density at radius 2 is 2.17 bits per heavy atom. The molecule has 0 aliphatic carbocycles. The summed E-state index contributed by atoms with van der Waals surface area (Å²) in [4.78, 5) is 11.6. The van der Waals surface area contributed by atoms with Gasteiger partial charge >= 0.3 is 0 Å². The highest BCUT2D eigenvalue weighted by Gasteiger charge is 2.04. The second kappa shape index (κ2) is 7.16. The maximum atomic E-state index is 11.6. The number of nitrogens with one attached hydrogen (secondary N) is 1. The monoisotopic (exact) mass is 251 g/mol. The number of rotatable bonds is 6. The highest BCUT2D eigenvalue weighted by atomic mass is 16.4. The molecule has 6 nitrogen and oxygen atoms in total. The van der Waals surface area contributed by atoms with Crippen molar-refractivity contribution in [3.8, 4) is 5.75 Å². The molecular weight excluding hydrogens is 234 g/mol. The molecule has 5 N–H and O–H groups in total. The van der Waals surface area contributed by atoms with E-state index in [1.807, 2.05) is 0 Å². The predicted molar refractivity (Wildman–Crippen MR) is 67.7 cm³/mol. The summed E-state index contributed by atoms with van der Waals surface area (Å²) in [6.07, 6.45) is 1.97. The van der Waals surface area contributed by atoms with Crippen LogP contribution < -0.4 is 11.1 Å². The Balaban J connectivity index is 2.26. The molecule has 1 aromatic rings. The molecule has 0 aliphatic heterocycles. The maximum Gasteiger partial charge on any atom is 0.251 e. The van der Waals surface area contributed by atoms with E-state index in [-0.39, 0.29) is 17.5 Å².